The molecular weight excluding hydrogens is 399 g/mol. The first kappa shape index (κ1) is 22.6. The van der Waals surface area contributed by atoms with Gasteiger partial charge in [-0.05, 0) is 44.4 Å². The van der Waals surface area contributed by atoms with Gasteiger partial charge >= 0.3 is 6.18 Å². The van der Waals surface area contributed by atoms with Gasteiger partial charge in [0.05, 0.1) is 12.2 Å². The summed E-state index contributed by atoms with van der Waals surface area (Å²) in [5.74, 6) is -1.09. The third-order valence-electron chi connectivity index (χ3n) is 5.38. The smallest absolute Gasteiger partial charge is 0.373 e. The van der Waals surface area contributed by atoms with Crippen molar-refractivity contribution in [3.05, 3.63) is 35.4 Å². The van der Waals surface area contributed by atoms with Crippen molar-refractivity contribution in [2.45, 2.75) is 57.7 Å². The van der Waals surface area contributed by atoms with E-state index >= 15 is 0 Å². The molecule has 2 aliphatic rings. The SMILES string of the molecule is CC1CN(Cc2ccc(C(=O)N3CCCC3C(=O)NCC(F)(F)F)cc2)CC(C)O1. The van der Waals surface area contributed by atoms with Crippen LogP contribution in [0.2, 0.25) is 0 Å². The van der Waals surface area contributed by atoms with E-state index in [1.54, 1.807) is 12.1 Å². The van der Waals surface area contributed by atoms with Crippen LogP contribution in [0.25, 0.3) is 0 Å². The van der Waals surface area contributed by atoms with Crippen LogP contribution < -0.4 is 5.32 Å². The molecule has 30 heavy (non-hydrogen) atoms. The second-order valence-electron chi connectivity index (χ2n) is 8.14. The number of likely N-dealkylation sites (tertiary alicyclic amines) is 1. The Morgan fingerprint density at radius 1 is 1.13 bits per heavy atom. The lowest BCUT2D eigenvalue weighted by molar-refractivity contribution is -0.140. The van der Waals surface area contributed by atoms with Gasteiger partial charge in [-0.1, -0.05) is 12.1 Å². The minimum absolute atomic E-state index is 0.171. The van der Waals surface area contributed by atoms with Crippen molar-refractivity contribution in [2.24, 2.45) is 0 Å². The van der Waals surface area contributed by atoms with E-state index < -0.39 is 24.7 Å². The van der Waals surface area contributed by atoms with Gasteiger partial charge in [-0.25, -0.2) is 0 Å². The molecule has 1 aromatic rings. The summed E-state index contributed by atoms with van der Waals surface area (Å²) in [6.45, 7) is 5.48. The van der Waals surface area contributed by atoms with Crippen molar-refractivity contribution >= 4 is 11.8 Å². The fourth-order valence-corrected chi connectivity index (χ4v) is 4.18. The molecule has 0 radical (unpaired) electrons. The highest BCUT2D eigenvalue weighted by Gasteiger charge is 2.36. The summed E-state index contributed by atoms with van der Waals surface area (Å²) in [5, 5.41) is 1.89. The zero-order chi connectivity index (χ0) is 21.9. The third kappa shape index (κ3) is 5.95. The molecule has 2 aliphatic heterocycles. The van der Waals surface area contributed by atoms with E-state index in [2.05, 4.69) is 4.90 Å². The number of nitrogens with zero attached hydrogens (tertiary/aromatic N) is 2. The number of nitrogens with one attached hydrogen (secondary N) is 1. The van der Waals surface area contributed by atoms with E-state index in [0.29, 0.717) is 24.9 Å². The molecule has 166 valence electrons. The number of morpholine rings is 1. The van der Waals surface area contributed by atoms with Crippen LogP contribution in [0.3, 0.4) is 0 Å². The molecule has 0 bridgehead atoms. The van der Waals surface area contributed by atoms with Gasteiger partial charge in [-0.15, -0.1) is 0 Å². The van der Waals surface area contributed by atoms with Crippen molar-refractivity contribution in [3.8, 4) is 0 Å². The van der Waals surface area contributed by atoms with Crippen LogP contribution in [0, 0.1) is 0 Å². The molecule has 3 unspecified atom stereocenters. The zero-order valence-corrected chi connectivity index (χ0v) is 17.2. The van der Waals surface area contributed by atoms with E-state index in [1.165, 1.54) is 4.90 Å². The number of hydrogen-bond acceptors (Lipinski definition) is 4. The number of carbonyl (C=O) groups is 2. The van der Waals surface area contributed by atoms with E-state index in [4.69, 9.17) is 4.74 Å². The molecule has 2 saturated heterocycles. The highest BCUT2D eigenvalue weighted by Crippen LogP contribution is 2.22. The van der Waals surface area contributed by atoms with E-state index in [9.17, 15) is 22.8 Å². The Morgan fingerprint density at radius 3 is 2.37 bits per heavy atom. The first-order valence-electron chi connectivity index (χ1n) is 10.2. The molecule has 2 fully saturated rings. The molecule has 2 amide bonds. The van der Waals surface area contributed by atoms with Crippen LogP contribution in [0.1, 0.15) is 42.6 Å². The van der Waals surface area contributed by atoms with Gasteiger partial charge in [0, 0.05) is 31.7 Å². The topological polar surface area (TPSA) is 61.9 Å². The van der Waals surface area contributed by atoms with E-state index in [-0.39, 0.29) is 18.1 Å². The molecule has 6 nitrogen and oxygen atoms in total. The molecular formula is C21H28F3N3O3. The van der Waals surface area contributed by atoms with Crippen molar-refractivity contribution in [1.82, 2.24) is 15.1 Å². The van der Waals surface area contributed by atoms with Crippen LogP contribution in [-0.2, 0) is 16.1 Å². The normalized spacial score (nSPS) is 25.4. The zero-order valence-electron chi connectivity index (χ0n) is 17.2. The summed E-state index contributed by atoms with van der Waals surface area (Å²) in [4.78, 5) is 28.7. The van der Waals surface area contributed by atoms with Crippen molar-refractivity contribution in [2.75, 3.05) is 26.2 Å². The third-order valence-corrected chi connectivity index (χ3v) is 5.38. The molecule has 0 spiro atoms. The lowest BCUT2D eigenvalue weighted by Crippen LogP contribution is -2.48. The second kappa shape index (κ2) is 9.34. The molecule has 0 aliphatic carbocycles. The molecule has 9 heteroatoms. The Kier molecular flexibility index (Phi) is 7.02. The molecule has 3 atom stereocenters. The number of amides is 2. The van der Waals surface area contributed by atoms with Gasteiger partial charge in [0.15, 0.2) is 0 Å². The first-order chi connectivity index (χ1) is 14.1. The average Bonchev–Trinajstić information content (AvgIpc) is 3.14. The maximum Gasteiger partial charge on any atom is 0.405 e. The minimum Gasteiger partial charge on any atom is -0.373 e. The molecule has 3 rings (SSSR count). The van der Waals surface area contributed by atoms with Crippen LogP contribution in [0.5, 0.6) is 0 Å². The Balaban J connectivity index is 1.60. The lowest BCUT2D eigenvalue weighted by atomic mass is 10.1. The second-order valence-corrected chi connectivity index (χ2v) is 8.14. The molecule has 1 N–H and O–H groups in total. The first-order valence-corrected chi connectivity index (χ1v) is 10.2. The predicted octanol–water partition coefficient (Wildman–Crippen LogP) is 2.58. The Labute approximate surface area is 174 Å². The quantitative estimate of drug-likeness (QED) is 0.785. The summed E-state index contributed by atoms with van der Waals surface area (Å²) in [6, 6.07) is 6.33. The number of benzene rings is 1. The van der Waals surface area contributed by atoms with Crippen molar-refractivity contribution in [3.63, 3.8) is 0 Å². The van der Waals surface area contributed by atoms with E-state index in [0.717, 1.165) is 25.2 Å². The van der Waals surface area contributed by atoms with Gasteiger partial charge < -0.3 is 15.0 Å². The van der Waals surface area contributed by atoms with Gasteiger partial charge in [0.2, 0.25) is 5.91 Å². The number of hydrogen-bond donors (Lipinski definition) is 1. The van der Waals surface area contributed by atoms with Gasteiger partial charge in [-0.2, -0.15) is 13.2 Å². The monoisotopic (exact) mass is 427 g/mol. The van der Waals surface area contributed by atoms with Crippen molar-refractivity contribution < 1.29 is 27.5 Å². The number of alkyl halides is 3. The Bertz CT molecular complexity index is 744. The number of rotatable bonds is 5. The summed E-state index contributed by atoms with van der Waals surface area (Å²) < 4.78 is 42.8. The molecule has 0 aromatic heterocycles. The molecule has 1 aromatic carbocycles. The van der Waals surface area contributed by atoms with Gasteiger partial charge in [0.1, 0.15) is 12.6 Å². The maximum absolute atomic E-state index is 12.8. The van der Waals surface area contributed by atoms with Crippen LogP contribution in [-0.4, -0.2) is 72.2 Å². The Hall–Kier alpha value is -2.13. The fraction of sp³-hybridized carbons (Fsp3) is 0.619. The lowest BCUT2D eigenvalue weighted by Gasteiger charge is -2.35. The minimum atomic E-state index is -4.48. The highest BCUT2D eigenvalue weighted by molar-refractivity contribution is 5.98. The predicted molar refractivity (Wildman–Crippen MR) is 105 cm³/mol. The summed E-state index contributed by atoms with van der Waals surface area (Å²) in [6.07, 6.45) is -3.19. The largest absolute Gasteiger partial charge is 0.405 e. The van der Waals surface area contributed by atoms with Crippen LogP contribution >= 0.6 is 0 Å². The average molecular weight is 427 g/mol. The standard InChI is InChI=1S/C21H28F3N3O3/c1-14-10-26(11-15(2)30-14)12-16-5-7-17(8-6-16)20(29)27-9-3-4-18(27)19(28)25-13-21(22,23)24/h5-8,14-15,18H,3-4,9-13H2,1-2H3,(H,25,28). The summed E-state index contributed by atoms with van der Waals surface area (Å²) in [5.41, 5.74) is 1.49. The van der Waals surface area contributed by atoms with Gasteiger partial charge in [-0.3, -0.25) is 14.5 Å². The van der Waals surface area contributed by atoms with E-state index in [1.807, 2.05) is 31.3 Å². The van der Waals surface area contributed by atoms with Crippen LogP contribution in [0.15, 0.2) is 24.3 Å². The fourth-order valence-electron chi connectivity index (χ4n) is 4.18. The Morgan fingerprint density at radius 2 is 1.77 bits per heavy atom. The van der Waals surface area contributed by atoms with Crippen molar-refractivity contribution in [1.29, 1.82) is 0 Å². The maximum atomic E-state index is 12.8. The highest BCUT2D eigenvalue weighted by atomic mass is 19.4. The van der Waals surface area contributed by atoms with Gasteiger partial charge in [0.25, 0.3) is 5.91 Å². The number of ether oxygens (including phenoxy) is 1. The molecule has 0 saturated carbocycles. The molecule has 2 heterocycles. The summed E-state index contributed by atoms with van der Waals surface area (Å²) in [7, 11) is 0. The van der Waals surface area contributed by atoms with Crippen LogP contribution in [0.4, 0.5) is 13.2 Å². The number of carbonyl (C=O) groups excluding carboxylic acids is 2. The summed E-state index contributed by atoms with van der Waals surface area (Å²) >= 11 is 0. The number of halogens is 3.